The molecule has 21 heavy (non-hydrogen) atoms. The minimum atomic E-state index is -1.13. The van der Waals surface area contributed by atoms with Crippen LogP contribution in [-0.4, -0.2) is 32.6 Å². The molecule has 7 nitrogen and oxygen atoms in total. The highest BCUT2D eigenvalue weighted by atomic mass is 16.4. The Kier molecular flexibility index (Phi) is 4.77. The molecule has 0 saturated heterocycles. The lowest BCUT2D eigenvalue weighted by Crippen LogP contribution is -2.25. The fourth-order valence-corrected chi connectivity index (χ4v) is 1.78. The van der Waals surface area contributed by atoms with E-state index in [0.29, 0.717) is 25.3 Å². The third kappa shape index (κ3) is 3.98. The average Bonchev–Trinajstić information content (AvgIpc) is 2.52. The van der Waals surface area contributed by atoms with E-state index in [1.165, 1.54) is 12.4 Å². The fraction of sp³-hybridized carbons (Fsp3) is 0.214. The van der Waals surface area contributed by atoms with Gasteiger partial charge in [-0.2, -0.15) is 5.26 Å². The molecule has 0 aliphatic carbocycles. The number of hydrogen-bond donors (Lipinski definition) is 1. The number of rotatable bonds is 6. The van der Waals surface area contributed by atoms with E-state index in [-0.39, 0.29) is 5.69 Å². The van der Waals surface area contributed by atoms with Crippen molar-refractivity contribution in [2.75, 3.05) is 11.4 Å². The Bertz CT molecular complexity index is 654. The van der Waals surface area contributed by atoms with Crippen molar-refractivity contribution in [2.24, 2.45) is 0 Å². The number of aromatic carboxylic acids is 1. The summed E-state index contributed by atoms with van der Waals surface area (Å²) < 4.78 is 0. The van der Waals surface area contributed by atoms with Crippen LogP contribution in [0.3, 0.4) is 0 Å². The maximum atomic E-state index is 11.0. The van der Waals surface area contributed by atoms with Gasteiger partial charge in [0.1, 0.15) is 5.82 Å². The first-order valence-electron chi connectivity index (χ1n) is 6.27. The summed E-state index contributed by atoms with van der Waals surface area (Å²) in [6, 6.07) is 5.79. The van der Waals surface area contributed by atoms with Crippen LogP contribution in [0, 0.1) is 11.3 Å². The molecule has 1 N–H and O–H groups in total. The minimum absolute atomic E-state index is 0.124. The van der Waals surface area contributed by atoms with E-state index in [4.69, 9.17) is 10.4 Å². The van der Waals surface area contributed by atoms with Gasteiger partial charge in [-0.05, 0) is 11.6 Å². The first-order valence-corrected chi connectivity index (χ1v) is 6.27. The van der Waals surface area contributed by atoms with Gasteiger partial charge in [0.15, 0.2) is 5.69 Å². The van der Waals surface area contributed by atoms with Gasteiger partial charge in [0.2, 0.25) is 0 Å². The molecule has 0 aliphatic heterocycles. The number of aromatic nitrogens is 3. The first-order chi connectivity index (χ1) is 10.2. The third-order valence-corrected chi connectivity index (χ3v) is 2.75. The van der Waals surface area contributed by atoms with Crippen LogP contribution in [0.1, 0.15) is 22.5 Å². The van der Waals surface area contributed by atoms with E-state index >= 15 is 0 Å². The number of anilines is 1. The summed E-state index contributed by atoms with van der Waals surface area (Å²) in [6.07, 6.45) is 6.37. The van der Waals surface area contributed by atoms with Crippen molar-refractivity contribution in [3.05, 3.63) is 48.2 Å². The molecule has 0 amide bonds. The number of hydrogen-bond acceptors (Lipinski definition) is 6. The summed E-state index contributed by atoms with van der Waals surface area (Å²) in [5.41, 5.74) is 0.818. The summed E-state index contributed by atoms with van der Waals surface area (Å²) in [7, 11) is 0. The Labute approximate surface area is 121 Å². The molecule has 0 aliphatic rings. The highest BCUT2D eigenvalue weighted by Gasteiger charge is 2.12. The van der Waals surface area contributed by atoms with Gasteiger partial charge < -0.3 is 10.0 Å². The molecule has 0 unspecified atom stereocenters. The molecular formula is C14H13N5O2. The molecule has 0 bridgehead atoms. The van der Waals surface area contributed by atoms with Gasteiger partial charge in [0, 0.05) is 25.5 Å². The van der Waals surface area contributed by atoms with E-state index in [1.54, 1.807) is 17.3 Å². The van der Waals surface area contributed by atoms with Gasteiger partial charge in [-0.1, -0.05) is 6.07 Å². The minimum Gasteiger partial charge on any atom is -0.476 e. The molecule has 0 saturated carbocycles. The van der Waals surface area contributed by atoms with E-state index in [1.807, 2.05) is 12.1 Å². The number of carboxylic acid groups (broad SMARTS) is 1. The number of nitriles is 1. The lowest BCUT2D eigenvalue weighted by Gasteiger charge is -2.22. The monoisotopic (exact) mass is 283 g/mol. The summed E-state index contributed by atoms with van der Waals surface area (Å²) in [5, 5.41) is 17.7. The number of carbonyl (C=O) groups is 1. The lowest BCUT2D eigenvalue weighted by atomic mass is 10.2. The van der Waals surface area contributed by atoms with Gasteiger partial charge in [-0.25, -0.2) is 9.78 Å². The second-order valence-electron chi connectivity index (χ2n) is 4.26. The second-order valence-corrected chi connectivity index (χ2v) is 4.26. The molecule has 0 atom stereocenters. The summed E-state index contributed by atoms with van der Waals surface area (Å²) in [6.45, 7) is 0.913. The molecule has 106 valence electrons. The summed E-state index contributed by atoms with van der Waals surface area (Å²) >= 11 is 0. The van der Waals surface area contributed by atoms with E-state index in [0.717, 1.165) is 5.56 Å². The van der Waals surface area contributed by atoms with Gasteiger partial charge >= 0.3 is 5.97 Å². The quantitative estimate of drug-likeness (QED) is 0.856. The smallest absolute Gasteiger partial charge is 0.356 e. The van der Waals surface area contributed by atoms with Crippen LogP contribution in [0.25, 0.3) is 0 Å². The predicted molar refractivity (Wildman–Crippen MR) is 74.5 cm³/mol. The van der Waals surface area contributed by atoms with Gasteiger partial charge in [-0.15, -0.1) is 0 Å². The van der Waals surface area contributed by atoms with Crippen LogP contribution in [-0.2, 0) is 6.54 Å². The second kappa shape index (κ2) is 6.96. The molecule has 0 radical (unpaired) electrons. The van der Waals surface area contributed by atoms with Gasteiger partial charge in [-0.3, -0.25) is 9.97 Å². The number of pyridine rings is 1. The topological polar surface area (TPSA) is 103 Å². The van der Waals surface area contributed by atoms with Crippen molar-refractivity contribution in [1.29, 1.82) is 5.26 Å². The first kappa shape index (κ1) is 14.4. The standard InChI is InChI=1S/C14H13N5O2/c15-4-2-6-19(10-11-3-1-5-16-7-11)13-9-17-8-12(18-13)14(20)21/h1,3,5,7-9H,2,6,10H2,(H,20,21). The zero-order valence-electron chi connectivity index (χ0n) is 11.2. The van der Waals surface area contributed by atoms with Gasteiger partial charge in [0.25, 0.3) is 0 Å². The molecule has 2 rings (SSSR count). The maximum Gasteiger partial charge on any atom is 0.356 e. The van der Waals surface area contributed by atoms with Crippen LogP contribution in [0.15, 0.2) is 36.9 Å². The maximum absolute atomic E-state index is 11.0. The highest BCUT2D eigenvalue weighted by molar-refractivity contribution is 5.85. The Morgan fingerprint density at radius 3 is 2.86 bits per heavy atom. The van der Waals surface area contributed by atoms with Crippen LogP contribution in [0.2, 0.25) is 0 Å². The number of carboxylic acids is 1. The number of nitrogens with zero attached hydrogens (tertiary/aromatic N) is 5. The fourth-order valence-electron chi connectivity index (χ4n) is 1.78. The normalized spacial score (nSPS) is 9.86. The summed E-state index contributed by atoms with van der Waals surface area (Å²) in [5.74, 6) is -0.708. The predicted octanol–water partition coefficient (Wildman–Crippen LogP) is 1.49. The molecule has 0 aromatic carbocycles. The third-order valence-electron chi connectivity index (χ3n) is 2.75. The zero-order valence-corrected chi connectivity index (χ0v) is 11.2. The molecule has 0 spiro atoms. The molecule has 2 aromatic rings. The largest absolute Gasteiger partial charge is 0.476 e. The Morgan fingerprint density at radius 1 is 1.33 bits per heavy atom. The van der Waals surface area contributed by atoms with Crippen molar-refractivity contribution < 1.29 is 9.90 Å². The van der Waals surface area contributed by atoms with Crippen molar-refractivity contribution >= 4 is 11.8 Å². The zero-order chi connectivity index (χ0) is 15.1. The molecular weight excluding hydrogens is 270 g/mol. The molecule has 2 aromatic heterocycles. The highest BCUT2D eigenvalue weighted by Crippen LogP contribution is 2.14. The average molecular weight is 283 g/mol. The van der Waals surface area contributed by atoms with E-state index in [2.05, 4.69) is 21.0 Å². The van der Waals surface area contributed by atoms with Crippen molar-refractivity contribution in [2.45, 2.75) is 13.0 Å². The molecule has 2 heterocycles. The lowest BCUT2D eigenvalue weighted by molar-refractivity contribution is 0.0690. The molecule has 0 fully saturated rings. The summed E-state index contributed by atoms with van der Waals surface area (Å²) in [4.78, 5) is 24.8. The van der Waals surface area contributed by atoms with Gasteiger partial charge in [0.05, 0.1) is 24.9 Å². The van der Waals surface area contributed by atoms with E-state index in [9.17, 15) is 4.79 Å². The van der Waals surface area contributed by atoms with Crippen LogP contribution in [0.4, 0.5) is 5.82 Å². The van der Waals surface area contributed by atoms with E-state index < -0.39 is 5.97 Å². The van der Waals surface area contributed by atoms with Crippen molar-refractivity contribution in [3.63, 3.8) is 0 Å². The van der Waals surface area contributed by atoms with Crippen molar-refractivity contribution in [3.8, 4) is 6.07 Å². The molecule has 7 heteroatoms. The Morgan fingerprint density at radius 2 is 2.19 bits per heavy atom. The van der Waals surface area contributed by atoms with Crippen LogP contribution >= 0.6 is 0 Å². The van der Waals surface area contributed by atoms with Crippen LogP contribution < -0.4 is 4.90 Å². The van der Waals surface area contributed by atoms with Crippen LogP contribution in [0.5, 0.6) is 0 Å². The SMILES string of the molecule is N#CCCN(Cc1cccnc1)c1cncc(C(=O)O)n1. The Hall–Kier alpha value is -3.01. The van der Waals surface area contributed by atoms with Crippen molar-refractivity contribution in [1.82, 2.24) is 15.0 Å². The Balaban J connectivity index is 2.25.